The Morgan fingerprint density at radius 3 is 2.81 bits per heavy atom. The minimum atomic E-state index is 0.0565. The van der Waals surface area contributed by atoms with E-state index < -0.39 is 0 Å². The average molecular weight is 224 g/mol. The molecule has 1 aliphatic heterocycles. The third-order valence-corrected chi connectivity index (χ3v) is 2.19. The van der Waals surface area contributed by atoms with Gasteiger partial charge in [-0.2, -0.15) is 0 Å². The molecule has 0 radical (unpaired) electrons. The van der Waals surface area contributed by atoms with E-state index in [-0.39, 0.29) is 13.4 Å². The fourth-order valence-electron chi connectivity index (χ4n) is 1.40. The maximum atomic E-state index is 10.8. The highest BCUT2D eigenvalue weighted by molar-refractivity contribution is 5.81. The van der Waals surface area contributed by atoms with Gasteiger partial charge in [0, 0.05) is 19.1 Å². The molecule has 0 saturated carbocycles. The quantitative estimate of drug-likeness (QED) is 0.596. The number of ether oxygens (including phenoxy) is 3. The van der Waals surface area contributed by atoms with Gasteiger partial charge in [-0.25, -0.2) is 0 Å². The third kappa shape index (κ3) is 2.09. The molecule has 2 rings (SSSR count). The first-order valence-corrected chi connectivity index (χ1v) is 4.97. The summed E-state index contributed by atoms with van der Waals surface area (Å²) in [7, 11) is 0. The summed E-state index contributed by atoms with van der Waals surface area (Å²) in [4.78, 5) is 10.8. The number of rotatable bonds is 5. The summed E-state index contributed by atoms with van der Waals surface area (Å²) in [6.45, 7) is 0.575. The standard InChI is InChI=1S/C11H12O5/c12-2-1-3-14-9-5-11-10(15-7-16-11)4-8(9)6-13/h4-6,12H,1-3,7H2. The molecule has 0 aliphatic carbocycles. The van der Waals surface area contributed by atoms with E-state index in [1.807, 2.05) is 0 Å². The minimum absolute atomic E-state index is 0.0565. The zero-order valence-corrected chi connectivity index (χ0v) is 8.64. The van der Waals surface area contributed by atoms with Crippen LogP contribution < -0.4 is 14.2 Å². The summed E-state index contributed by atoms with van der Waals surface area (Å²) in [5, 5.41) is 8.63. The first kappa shape index (κ1) is 10.8. The van der Waals surface area contributed by atoms with Crippen LogP contribution in [0.1, 0.15) is 16.8 Å². The van der Waals surface area contributed by atoms with Crippen molar-refractivity contribution in [3.63, 3.8) is 0 Å². The van der Waals surface area contributed by atoms with Crippen molar-refractivity contribution in [2.24, 2.45) is 0 Å². The van der Waals surface area contributed by atoms with E-state index in [9.17, 15) is 4.79 Å². The molecular weight excluding hydrogens is 212 g/mol. The van der Waals surface area contributed by atoms with Crippen molar-refractivity contribution in [1.82, 2.24) is 0 Å². The van der Waals surface area contributed by atoms with Crippen LogP contribution in [0, 0.1) is 0 Å². The maximum Gasteiger partial charge on any atom is 0.231 e. The first-order chi connectivity index (χ1) is 7.85. The Morgan fingerprint density at radius 2 is 2.12 bits per heavy atom. The van der Waals surface area contributed by atoms with Crippen molar-refractivity contribution < 1.29 is 24.1 Å². The molecule has 0 amide bonds. The van der Waals surface area contributed by atoms with E-state index in [0.29, 0.717) is 42.1 Å². The van der Waals surface area contributed by atoms with Gasteiger partial charge in [0.2, 0.25) is 6.79 Å². The highest BCUT2D eigenvalue weighted by atomic mass is 16.7. The molecule has 1 heterocycles. The minimum Gasteiger partial charge on any atom is -0.493 e. The predicted octanol–water partition coefficient (Wildman–Crippen LogP) is 0.989. The van der Waals surface area contributed by atoms with E-state index in [1.165, 1.54) is 0 Å². The number of fused-ring (bicyclic) bond motifs is 1. The molecule has 86 valence electrons. The Hall–Kier alpha value is -1.75. The number of aldehydes is 1. The van der Waals surface area contributed by atoms with E-state index in [4.69, 9.17) is 19.3 Å². The molecule has 1 aliphatic rings. The van der Waals surface area contributed by atoms with Crippen molar-refractivity contribution in [1.29, 1.82) is 0 Å². The van der Waals surface area contributed by atoms with Crippen LogP contribution >= 0.6 is 0 Å². The molecule has 0 saturated heterocycles. The summed E-state index contributed by atoms with van der Waals surface area (Å²) in [5.74, 6) is 1.58. The van der Waals surface area contributed by atoms with E-state index >= 15 is 0 Å². The van der Waals surface area contributed by atoms with E-state index in [1.54, 1.807) is 12.1 Å². The number of carbonyl (C=O) groups excluding carboxylic acids is 1. The maximum absolute atomic E-state index is 10.8. The molecule has 1 N–H and O–H groups in total. The number of benzene rings is 1. The number of carbonyl (C=O) groups is 1. The summed E-state index contributed by atoms with van der Waals surface area (Å²) in [5.41, 5.74) is 0.419. The second-order valence-corrected chi connectivity index (χ2v) is 3.29. The lowest BCUT2D eigenvalue weighted by atomic mass is 10.2. The van der Waals surface area contributed by atoms with Crippen LogP contribution in [0.15, 0.2) is 12.1 Å². The lowest BCUT2D eigenvalue weighted by Gasteiger charge is -2.08. The van der Waals surface area contributed by atoms with Crippen molar-refractivity contribution in [3.8, 4) is 17.2 Å². The topological polar surface area (TPSA) is 65.0 Å². The fourth-order valence-corrected chi connectivity index (χ4v) is 1.40. The van der Waals surface area contributed by atoms with E-state index in [2.05, 4.69) is 0 Å². The normalized spacial score (nSPS) is 12.6. The van der Waals surface area contributed by atoms with Crippen molar-refractivity contribution in [3.05, 3.63) is 17.7 Å². The fraction of sp³-hybridized carbons (Fsp3) is 0.364. The van der Waals surface area contributed by atoms with Crippen LogP contribution in [0.2, 0.25) is 0 Å². The van der Waals surface area contributed by atoms with Gasteiger partial charge in [-0.1, -0.05) is 0 Å². The molecular formula is C11H12O5. The smallest absolute Gasteiger partial charge is 0.231 e. The van der Waals surface area contributed by atoms with Crippen molar-refractivity contribution >= 4 is 6.29 Å². The number of hydrogen-bond acceptors (Lipinski definition) is 5. The van der Waals surface area contributed by atoms with Gasteiger partial charge in [-0.05, 0) is 6.07 Å². The number of hydrogen-bond donors (Lipinski definition) is 1. The molecule has 1 aromatic carbocycles. The van der Waals surface area contributed by atoms with Gasteiger partial charge in [-0.3, -0.25) is 4.79 Å². The van der Waals surface area contributed by atoms with Crippen LogP contribution in [0.4, 0.5) is 0 Å². The van der Waals surface area contributed by atoms with Gasteiger partial charge in [-0.15, -0.1) is 0 Å². The molecule has 0 fully saturated rings. The van der Waals surface area contributed by atoms with Crippen LogP contribution in [-0.2, 0) is 0 Å². The van der Waals surface area contributed by atoms with Crippen LogP contribution in [-0.4, -0.2) is 31.4 Å². The van der Waals surface area contributed by atoms with Gasteiger partial charge in [0.25, 0.3) is 0 Å². The SMILES string of the molecule is O=Cc1cc2c(cc1OCCCO)OCO2. The Labute approximate surface area is 92.5 Å². The Kier molecular flexibility index (Phi) is 3.26. The predicted molar refractivity (Wildman–Crippen MR) is 55.2 cm³/mol. The molecule has 1 aromatic rings. The highest BCUT2D eigenvalue weighted by Crippen LogP contribution is 2.37. The number of aliphatic hydroxyl groups excluding tert-OH is 1. The molecule has 0 aromatic heterocycles. The van der Waals surface area contributed by atoms with Gasteiger partial charge in [0.05, 0.1) is 12.2 Å². The van der Waals surface area contributed by atoms with Crippen LogP contribution in [0.3, 0.4) is 0 Å². The molecule has 0 atom stereocenters. The van der Waals surface area contributed by atoms with Gasteiger partial charge >= 0.3 is 0 Å². The zero-order valence-electron chi connectivity index (χ0n) is 8.64. The zero-order chi connectivity index (χ0) is 11.4. The third-order valence-electron chi connectivity index (χ3n) is 2.19. The molecule has 5 nitrogen and oxygen atoms in total. The van der Waals surface area contributed by atoms with Crippen molar-refractivity contribution in [2.45, 2.75) is 6.42 Å². The second-order valence-electron chi connectivity index (χ2n) is 3.29. The summed E-state index contributed by atoms with van der Waals surface area (Å²) in [6, 6.07) is 3.22. The largest absolute Gasteiger partial charge is 0.493 e. The summed E-state index contributed by atoms with van der Waals surface area (Å²) < 4.78 is 15.7. The average Bonchev–Trinajstić information content (AvgIpc) is 2.75. The molecule has 0 bridgehead atoms. The highest BCUT2D eigenvalue weighted by Gasteiger charge is 2.17. The lowest BCUT2D eigenvalue weighted by molar-refractivity contribution is 0.111. The molecule has 0 unspecified atom stereocenters. The molecule has 16 heavy (non-hydrogen) atoms. The first-order valence-electron chi connectivity index (χ1n) is 4.97. The van der Waals surface area contributed by atoms with Gasteiger partial charge in [0.1, 0.15) is 5.75 Å². The molecule has 5 heteroatoms. The Balaban J connectivity index is 2.18. The summed E-state index contributed by atoms with van der Waals surface area (Å²) >= 11 is 0. The monoisotopic (exact) mass is 224 g/mol. The lowest BCUT2D eigenvalue weighted by Crippen LogP contribution is -2.01. The van der Waals surface area contributed by atoms with E-state index in [0.717, 1.165) is 0 Å². The Morgan fingerprint density at radius 1 is 1.38 bits per heavy atom. The van der Waals surface area contributed by atoms with Crippen LogP contribution in [0.25, 0.3) is 0 Å². The van der Waals surface area contributed by atoms with Crippen molar-refractivity contribution in [2.75, 3.05) is 20.0 Å². The van der Waals surface area contributed by atoms with Gasteiger partial charge < -0.3 is 19.3 Å². The summed E-state index contributed by atoms with van der Waals surface area (Å²) in [6.07, 6.45) is 1.23. The van der Waals surface area contributed by atoms with Gasteiger partial charge in [0.15, 0.2) is 17.8 Å². The second kappa shape index (κ2) is 4.85. The van der Waals surface area contributed by atoms with Crippen LogP contribution in [0.5, 0.6) is 17.2 Å². The molecule has 0 spiro atoms. The number of aliphatic hydroxyl groups is 1. The Bertz CT molecular complexity index is 388.